The number of rotatable bonds is 3. The lowest BCUT2D eigenvalue weighted by Gasteiger charge is -2.25. The van der Waals surface area contributed by atoms with E-state index in [1.165, 1.54) is 4.88 Å². The number of hydrogen-bond donors (Lipinski definition) is 1. The van der Waals surface area contributed by atoms with E-state index in [9.17, 15) is 5.11 Å². The molecule has 2 nitrogen and oxygen atoms in total. The van der Waals surface area contributed by atoms with Crippen molar-refractivity contribution in [2.45, 2.75) is 37.7 Å². The highest BCUT2D eigenvalue weighted by Crippen LogP contribution is 2.27. The van der Waals surface area contributed by atoms with E-state index in [1.807, 2.05) is 0 Å². The SMILES string of the molecule is OC1(CCc2cccs2)CCCOCC1. The maximum Gasteiger partial charge on any atom is 0.0674 e. The van der Waals surface area contributed by atoms with Crippen molar-refractivity contribution in [3.63, 3.8) is 0 Å². The fraction of sp³-hybridized carbons (Fsp3) is 0.667. The topological polar surface area (TPSA) is 29.5 Å². The van der Waals surface area contributed by atoms with Crippen LogP contribution >= 0.6 is 11.3 Å². The number of hydrogen-bond acceptors (Lipinski definition) is 3. The fourth-order valence-corrected chi connectivity index (χ4v) is 2.76. The number of thiophene rings is 1. The van der Waals surface area contributed by atoms with Gasteiger partial charge in [0.25, 0.3) is 0 Å². The maximum atomic E-state index is 10.4. The van der Waals surface area contributed by atoms with Gasteiger partial charge in [-0.2, -0.15) is 0 Å². The molecule has 3 heteroatoms. The first-order valence-electron chi connectivity index (χ1n) is 5.61. The standard InChI is InChI=1S/C12H18O2S/c13-12(5-2-8-14-9-7-12)6-4-11-3-1-10-15-11/h1,3,10,13H,2,4-9H2. The van der Waals surface area contributed by atoms with Crippen LogP contribution in [0.25, 0.3) is 0 Å². The molecule has 1 saturated heterocycles. The van der Waals surface area contributed by atoms with Crippen LogP contribution in [0.2, 0.25) is 0 Å². The second-order valence-electron chi connectivity index (χ2n) is 4.27. The predicted octanol–water partition coefficient (Wildman–Crippen LogP) is 2.61. The molecular formula is C12H18O2S. The third-order valence-corrected chi connectivity index (χ3v) is 4.00. The summed E-state index contributed by atoms with van der Waals surface area (Å²) in [6.45, 7) is 1.52. The molecule has 1 atom stereocenters. The van der Waals surface area contributed by atoms with Gasteiger partial charge in [0.2, 0.25) is 0 Å². The summed E-state index contributed by atoms with van der Waals surface area (Å²) in [4.78, 5) is 1.37. The van der Waals surface area contributed by atoms with E-state index in [2.05, 4.69) is 17.5 Å². The van der Waals surface area contributed by atoms with Crippen LogP contribution in [0.3, 0.4) is 0 Å². The summed E-state index contributed by atoms with van der Waals surface area (Å²) in [6.07, 6.45) is 4.53. The minimum atomic E-state index is -0.486. The molecule has 84 valence electrons. The molecule has 0 saturated carbocycles. The van der Waals surface area contributed by atoms with Crippen LogP contribution in [0, 0.1) is 0 Å². The van der Waals surface area contributed by atoms with E-state index in [-0.39, 0.29) is 0 Å². The lowest BCUT2D eigenvalue weighted by molar-refractivity contribution is 0.0111. The number of aryl methyl sites for hydroxylation is 1. The van der Waals surface area contributed by atoms with Crippen LogP contribution in [0.1, 0.15) is 30.6 Å². The van der Waals surface area contributed by atoms with Crippen molar-refractivity contribution in [2.24, 2.45) is 0 Å². The number of ether oxygens (including phenoxy) is 1. The van der Waals surface area contributed by atoms with E-state index in [0.717, 1.165) is 38.7 Å². The summed E-state index contributed by atoms with van der Waals surface area (Å²) in [5.41, 5.74) is -0.486. The van der Waals surface area contributed by atoms with Crippen LogP contribution in [0.15, 0.2) is 17.5 Å². The molecule has 0 aliphatic carbocycles. The van der Waals surface area contributed by atoms with E-state index in [1.54, 1.807) is 11.3 Å². The smallest absolute Gasteiger partial charge is 0.0674 e. The highest BCUT2D eigenvalue weighted by molar-refractivity contribution is 7.09. The minimum absolute atomic E-state index is 0.486. The molecular weight excluding hydrogens is 208 g/mol. The lowest BCUT2D eigenvalue weighted by atomic mass is 9.89. The van der Waals surface area contributed by atoms with Gasteiger partial charge in [0.15, 0.2) is 0 Å². The first kappa shape index (κ1) is 11.1. The second-order valence-corrected chi connectivity index (χ2v) is 5.30. The molecule has 1 aromatic rings. The molecule has 1 aliphatic rings. The third-order valence-electron chi connectivity index (χ3n) is 3.06. The third kappa shape index (κ3) is 3.30. The summed E-state index contributed by atoms with van der Waals surface area (Å²) in [6, 6.07) is 4.21. The van der Waals surface area contributed by atoms with Crippen molar-refractivity contribution in [3.8, 4) is 0 Å². The molecule has 2 heterocycles. The molecule has 0 amide bonds. The molecule has 0 aromatic carbocycles. The summed E-state index contributed by atoms with van der Waals surface area (Å²) in [5.74, 6) is 0. The maximum absolute atomic E-state index is 10.4. The lowest BCUT2D eigenvalue weighted by Crippen LogP contribution is -2.29. The molecule has 15 heavy (non-hydrogen) atoms. The summed E-state index contributed by atoms with van der Waals surface area (Å²) >= 11 is 1.77. The van der Waals surface area contributed by atoms with Crippen molar-refractivity contribution >= 4 is 11.3 Å². The zero-order valence-corrected chi connectivity index (χ0v) is 9.76. The average molecular weight is 226 g/mol. The number of aliphatic hydroxyl groups is 1. The fourth-order valence-electron chi connectivity index (χ4n) is 2.05. The van der Waals surface area contributed by atoms with Crippen LogP contribution in [-0.4, -0.2) is 23.9 Å². The predicted molar refractivity (Wildman–Crippen MR) is 62.3 cm³/mol. The van der Waals surface area contributed by atoms with Crippen molar-refractivity contribution < 1.29 is 9.84 Å². The Hall–Kier alpha value is -0.380. The van der Waals surface area contributed by atoms with Gasteiger partial charge in [0.1, 0.15) is 0 Å². The molecule has 0 radical (unpaired) electrons. The van der Waals surface area contributed by atoms with Crippen LogP contribution in [0.5, 0.6) is 0 Å². The van der Waals surface area contributed by atoms with Crippen LogP contribution < -0.4 is 0 Å². The largest absolute Gasteiger partial charge is 0.390 e. The van der Waals surface area contributed by atoms with Crippen molar-refractivity contribution in [1.82, 2.24) is 0 Å². The molecule has 1 aromatic heterocycles. The van der Waals surface area contributed by atoms with Crippen molar-refractivity contribution in [1.29, 1.82) is 0 Å². The molecule has 0 spiro atoms. The Balaban J connectivity index is 1.86. The van der Waals surface area contributed by atoms with Gasteiger partial charge in [-0.3, -0.25) is 0 Å². The monoisotopic (exact) mass is 226 g/mol. The van der Waals surface area contributed by atoms with E-state index < -0.39 is 5.60 Å². The van der Waals surface area contributed by atoms with Gasteiger partial charge in [0, 0.05) is 18.1 Å². The summed E-state index contributed by atoms with van der Waals surface area (Å²) < 4.78 is 5.37. The average Bonchev–Trinajstić information content (AvgIpc) is 2.65. The van der Waals surface area contributed by atoms with Gasteiger partial charge >= 0.3 is 0 Å². The van der Waals surface area contributed by atoms with E-state index in [0.29, 0.717) is 6.61 Å². The quantitative estimate of drug-likeness (QED) is 0.858. The van der Waals surface area contributed by atoms with Gasteiger partial charge in [-0.05, 0) is 43.6 Å². The zero-order valence-electron chi connectivity index (χ0n) is 8.95. The Morgan fingerprint density at radius 1 is 1.40 bits per heavy atom. The van der Waals surface area contributed by atoms with Gasteiger partial charge in [0.05, 0.1) is 5.60 Å². The van der Waals surface area contributed by atoms with E-state index in [4.69, 9.17) is 4.74 Å². The van der Waals surface area contributed by atoms with Crippen molar-refractivity contribution in [3.05, 3.63) is 22.4 Å². The van der Waals surface area contributed by atoms with Gasteiger partial charge < -0.3 is 9.84 Å². The zero-order chi connectivity index (χ0) is 10.6. The molecule has 1 fully saturated rings. The molecule has 0 bridgehead atoms. The first-order valence-corrected chi connectivity index (χ1v) is 6.49. The molecule has 1 unspecified atom stereocenters. The van der Waals surface area contributed by atoms with Crippen LogP contribution in [-0.2, 0) is 11.2 Å². The molecule has 2 rings (SSSR count). The van der Waals surface area contributed by atoms with Crippen LogP contribution in [0.4, 0.5) is 0 Å². The summed E-state index contributed by atoms with van der Waals surface area (Å²) in [5, 5.41) is 12.5. The Morgan fingerprint density at radius 3 is 3.13 bits per heavy atom. The molecule has 1 aliphatic heterocycles. The Kier molecular flexibility index (Phi) is 3.78. The second kappa shape index (κ2) is 5.10. The highest BCUT2D eigenvalue weighted by atomic mass is 32.1. The Morgan fingerprint density at radius 2 is 2.33 bits per heavy atom. The van der Waals surface area contributed by atoms with Crippen molar-refractivity contribution in [2.75, 3.05) is 13.2 Å². The normalized spacial score (nSPS) is 27.5. The minimum Gasteiger partial charge on any atom is -0.390 e. The Bertz CT molecular complexity index is 274. The first-order chi connectivity index (χ1) is 7.29. The van der Waals surface area contributed by atoms with E-state index >= 15 is 0 Å². The summed E-state index contributed by atoms with van der Waals surface area (Å²) in [7, 11) is 0. The molecule has 1 N–H and O–H groups in total. The van der Waals surface area contributed by atoms with Gasteiger partial charge in [-0.1, -0.05) is 6.07 Å². The van der Waals surface area contributed by atoms with Gasteiger partial charge in [-0.15, -0.1) is 11.3 Å². The van der Waals surface area contributed by atoms with Gasteiger partial charge in [-0.25, -0.2) is 0 Å². The highest BCUT2D eigenvalue weighted by Gasteiger charge is 2.27. The Labute approximate surface area is 94.9 Å².